The van der Waals surface area contributed by atoms with Crippen LogP contribution in [0.1, 0.15) is 44.4 Å². The molecule has 24 heavy (non-hydrogen) atoms. The summed E-state index contributed by atoms with van der Waals surface area (Å²) >= 11 is 0. The number of aryl methyl sites for hydroxylation is 1. The number of rotatable bonds is 5. The van der Waals surface area contributed by atoms with Crippen molar-refractivity contribution in [2.75, 3.05) is 6.61 Å². The summed E-state index contributed by atoms with van der Waals surface area (Å²) in [4.78, 5) is 35.7. The monoisotopic (exact) mass is 360 g/mol. The van der Waals surface area contributed by atoms with E-state index >= 15 is 0 Å². The molecule has 9 nitrogen and oxygen atoms in total. The van der Waals surface area contributed by atoms with Gasteiger partial charge >= 0.3 is 13.5 Å². The molecule has 0 amide bonds. The lowest BCUT2D eigenvalue weighted by atomic mass is 10.1. The summed E-state index contributed by atoms with van der Waals surface area (Å²) < 4.78 is 28.2. The fourth-order valence-corrected chi connectivity index (χ4v) is 3.95. The molecule has 3 unspecified atom stereocenters. The molecule has 2 aliphatic rings. The molecule has 2 N–H and O–H groups in total. The van der Waals surface area contributed by atoms with Crippen LogP contribution in [0.4, 0.5) is 0 Å². The Labute approximate surface area is 138 Å². The molecule has 1 aromatic heterocycles. The summed E-state index contributed by atoms with van der Waals surface area (Å²) in [5.41, 5.74) is -0.440. The molecule has 2 aliphatic heterocycles. The maximum Gasteiger partial charge on any atom is 0.472 e. The number of hydrogen-bond acceptors (Lipinski definition) is 6. The summed E-state index contributed by atoms with van der Waals surface area (Å²) in [6, 6.07) is 0. The van der Waals surface area contributed by atoms with E-state index in [1.54, 1.807) is 0 Å². The van der Waals surface area contributed by atoms with Crippen LogP contribution in [0.3, 0.4) is 0 Å². The Morgan fingerprint density at radius 3 is 2.92 bits per heavy atom. The second-order valence-electron chi connectivity index (χ2n) is 6.05. The number of fused-ring (bicyclic) bond motifs is 1. The summed E-state index contributed by atoms with van der Waals surface area (Å²) in [7, 11) is -4.05. The number of H-pyrrole nitrogens is 1. The first-order chi connectivity index (χ1) is 11.4. The van der Waals surface area contributed by atoms with E-state index in [1.807, 2.05) is 0 Å². The maximum absolute atomic E-state index is 12.1. The van der Waals surface area contributed by atoms with Gasteiger partial charge in [-0.3, -0.25) is 23.4 Å². The van der Waals surface area contributed by atoms with E-state index in [2.05, 4.69) is 11.9 Å². The van der Waals surface area contributed by atoms with E-state index in [4.69, 9.17) is 13.8 Å². The molecule has 0 radical (unpaired) electrons. The highest BCUT2D eigenvalue weighted by molar-refractivity contribution is 7.47. The molecule has 0 aromatic carbocycles. The number of unbranched alkanes of at least 4 members (excludes halogenated alkanes) is 2. The Balaban J connectivity index is 1.80. The molecule has 3 heterocycles. The lowest BCUT2D eigenvalue weighted by Crippen LogP contribution is -2.34. The summed E-state index contributed by atoms with van der Waals surface area (Å²) in [5.74, 6) is 0. The number of nitrogens with one attached hydrogen (secondary N) is 1. The molecular formula is C14H21N2O7P. The van der Waals surface area contributed by atoms with Gasteiger partial charge in [-0.1, -0.05) is 19.8 Å². The normalized spacial score (nSPS) is 32.7. The maximum atomic E-state index is 12.1. The van der Waals surface area contributed by atoms with Crippen molar-refractivity contribution in [2.45, 2.75) is 57.5 Å². The average Bonchev–Trinajstić information content (AvgIpc) is 2.91. The van der Waals surface area contributed by atoms with Gasteiger partial charge in [0.15, 0.2) is 0 Å². The van der Waals surface area contributed by atoms with E-state index in [9.17, 15) is 19.0 Å². The molecule has 1 aromatic rings. The Kier molecular flexibility index (Phi) is 5.08. The van der Waals surface area contributed by atoms with Gasteiger partial charge in [-0.15, -0.1) is 0 Å². The fourth-order valence-electron chi connectivity index (χ4n) is 2.99. The molecule has 134 valence electrons. The zero-order valence-electron chi connectivity index (χ0n) is 13.3. The van der Waals surface area contributed by atoms with Crippen LogP contribution >= 0.6 is 7.82 Å². The van der Waals surface area contributed by atoms with Gasteiger partial charge in [-0.25, -0.2) is 9.36 Å². The highest BCUT2D eigenvalue weighted by Gasteiger charge is 2.46. The van der Waals surface area contributed by atoms with E-state index < -0.39 is 31.9 Å². The van der Waals surface area contributed by atoms with Gasteiger partial charge in [-0.05, 0) is 12.8 Å². The van der Waals surface area contributed by atoms with Crippen LogP contribution in [0.15, 0.2) is 15.8 Å². The molecular weight excluding hydrogens is 339 g/mol. The third kappa shape index (κ3) is 3.70. The first-order valence-electron chi connectivity index (χ1n) is 8.05. The zero-order chi connectivity index (χ0) is 17.3. The largest absolute Gasteiger partial charge is 0.472 e. The third-order valence-electron chi connectivity index (χ3n) is 4.25. The van der Waals surface area contributed by atoms with Gasteiger partial charge in [-0.2, -0.15) is 0 Å². The van der Waals surface area contributed by atoms with Crippen LogP contribution in [0.25, 0.3) is 0 Å². The second-order valence-corrected chi connectivity index (χ2v) is 7.46. The topological polar surface area (TPSA) is 120 Å². The lowest BCUT2D eigenvalue weighted by molar-refractivity contribution is -0.0680. The highest BCUT2D eigenvalue weighted by Crippen LogP contribution is 2.52. The molecule has 0 bridgehead atoms. The van der Waals surface area contributed by atoms with Crippen molar-refractivity contribution in [1.82, 2.24) is 9.55 Å². The Morgan fingerprint density at radius 1 is 1.38 bits per heavy atom. The number of ether oxygens (including phenoxy) is 1. The van der Waals surface area contributed by atoms with Gasteiger partial charge in [0.1, 0.15) is 18.4 Å². The first kappa shape index (κ1) is 17.6. The van der Waals surface area contributed by atoms with Gasteiger partial charge in [0.05, 0.1) is 6.61 Å². The van der Waals surface area contributed by atoms with Crippen molar-refractivity contribution >= 4 is 7.82 Å². The van der Waals surface area contributed by atoms with Gasteiger partial charge in [0, 0.05) is 18.2 Å². The minimum absolute atomic E-state index is 0.0730. The zero-order valence-corrected chi connectivity index (χ0v) is 14.2. The molecule has 3 rings (SSSR count). The molecule has 10 heteroatoms. The number of aromatic nitrogens is 2. The minimum Gasteiger partial charge on any atom is -0.349 e. The van der Waals surface area contributed by atoms with Crippen LogP contribution in [-0.2, 0) is 24.8 Å². The number of phosphoric ester groups is 1. The fraction of sp³-hybridized carbons (Fsp3) is 0.714. The smallest absolute Gasteiger partial charge is 0.349 e. The third-order valence-corrected chi connectivity index (χ3v) is 5.27. The van der Waals surface area contributed by atoms with Gasteiger partial charge in [0.25, 0.3) is 5.56 Å². The van der Waals surface area contributed by atoms with Crippen molar-refractivity contribution in [3.05, 3.63) is 32.6 Å². The lowest BCUT2D eigenvalue weighted by Gasteiger charge is -2.26. The summed E-state index contributed by atoms with van der Waals surface area (Å²) in [6.07, 6.45) is 3.40. The van der Waals surface area contributed by atoms with Crippen LogP contribution in [0.2, 0.25) is 0 Å². The predicted octanol–water partition coefficient (Wildman–Crippen LogP) is 1.07. The summed E-state index contributed by atoms with van der Waals surface area (Å²) in [5, 5.41) is 0. The van der Waals surface area contributed by atoms with E-state index in [0.29, 0.717) is 12.0 Å². The summed E-state index contributed by atoms with van der Waals surface area (Å²) in [6.45, 7) is 2.00. The average molecular weight is 360 g/mol. The second kappa shape index (κ2) is 6.93. The highest BCUT2D eigenvalue weighted by atomic mass is 31.2. The van der Waals surface area contributed by atoms with Crippen LogP contribution in [0, 0.1) is 0 Å². The van der Waals surface area contributed by atoms with Crippen molar-refractivity contribution in [3.63, 3.8) is 0 Å². The molecule has 0 spiro atoms. The Hall–Kier alpha value is -1.25. The van der Waals surface area contributed by atoms with Crippen molar-refractivity contribution < 1.29 is 23.2 Å². The molecule has 2 fully saturated rings. The molecule has 4 atom stereocenters. The Bertz CT molecular complexity index is 758. The van der Waals surface area contributed by atoms with Gasteiger partial charge < -0.3 is 9.63 Å². The van der Waals surface area contributed by atoms with Crippen LogP contribution < -0.4 is 11.2 Å². The number of hydrogen-bond donors (Lipinski definition) is 2. The van der Waals surface area contributed by atoms with E-state index in [0.717, 1.165) is 19.3 Å². The van der Waals surface area contributed by atoms with E-state index in [-0.39, 0.29) is 18.6 Å². The van der Waals surface area contributed by atoms with Gasteiger partial charge in [0.2, 0.25) is 0 Å². The standard InChI is InChI=1S/C14H21N2O7P/c1-2-3-4-5-9-7-16(14(18)15-13(9)17)12-6-10-11(22-12)8-21-24(19,20)23-10/h7,10-12H,2-6,8H2,1H3,(H,19,20)(H,15,17,18)/t10?,11?,12-/m1/s1. The predicted molar refractivity (Wildman–Crippen MR) is 83.7 cm³/mol. The van der Waals surface area contributed by atoms with Crippen LogP contribution in [0.5, 0.6) is 0 Å². The molecule has 0 saturated carbocycles. The number of nitrogens with zero attached hydrogens (tertiary/aromatic N) is 1. The number of aromatic amines is 1. The number of phosphoric acid groups is 1. The van der Waals surface area contributed by atoms with Crippen molar-refractivity contribution in [1.29, 1.82) is 0 Å². The Morgan fingerprint density at radius 2 is 2.17 bits per heavy atom. The quantitative estimate of drug-likeness (QED) is 0.595. The van der Waals surface area contributed by atoms with Crippen LogP contribution in [-0.4, -0.2) is 33.3 Å². The minimum atomic E-state index is -4.05. The van der Waals surface area contributed by atoms with E-state index in [1.165, 1.54) is 10.8 Å². The van der Waals surface area contributed by atoms with Crippen molar-refractivity contribution in [3.8, 4) is 0 Å². The molecule has 2 saturated heterocycles. The first-order valence-corrected chi connectivity index (χ1v) is 9.54. The molecule has 0 aliphatic carbocycles. The van der Waals surface area contributed by atoms with Crippen molar-refractivity contribution in [2.24, 2.45) is 0 Å². The SMILES string of the molecule is CCCCCc1cn([C@H]2CC3OP(=O)(O)OCC3O2)c(=O)[nH]c1=O.